The summed E-state index contributed by atoms with van der Waals surface area (Å²) in [6.07, 6.45) is 0. The summed E-state index contributed by atoms with van der Waals surface area (Å²) in [5.41, 5.74) is 2.67. The third kappa shape index (κ3) is 5.01. The Balaban J connectivity index is 1.51. The zero-order valence-corrected chi connectivity index (χ0v) is 14.4. The van der Waals surface area contributed by atoms with E-state index in [-0.39, 0.29) is 12.5 Å². The zero-order chi connectivity index (χ0) is 18.2. The number of rotatable bonds is 7. The molecule has 5 heteroatoms. The second-order valence-corrected chi connectivity index (χ2v) is 5.58. The maximum absolute atomic E-state index is 12.0. The van der Waals surface area contributed by atoms with E-state index in [1.165, 1.54) is 0 Å². The van der Waals surface area contributed by atoms with Gasteiger partial charge in [-0.1, -0.05) is 24.3 Å². The number of anilines is 3. The first-order chi connectivity index (χ1) is 12.7. The van der Waals surface area contributed by atoms with Crippen molar-refractivity contribution in [3.8, 4) is 11.5 Å². The van der Waals surface area contributed by atoms with Crippen LogP contribution in [-0.2, 0) is 4.79 Å². The summed E-state index contributed by atoms with van der Waals surface area (Å²) in [6.45, 7) is -0.0722. The molecule has 26 heavy (non-hydrogen) atoms. The smallest absolute Gasteiger partial charge is 0.262 e. The monoisotopic (exact) mass is 348 g/mol. The van der Waals surface area contributed by atoms with Crippen LogP contribution >= 0.6 is 0 Å². The van der Waals surface area contributed by atoms with E-state index in [2.05, 4.69) is 10.6 Å². The van der Waals surface area contributed by atoms with Crippen LogP contribution in [0.1, 0.15) is 0 Å². The van der Waals surface area contributed by atoms with E-state index in [9.17, 15) is 4.79 Å². The number of methoxy groups -OCH3 is 1. The van der Waals surface area contributed by atoms with Crippen LogP contribution in [0.3, 0.4) is 0 Å². The van der Waals surface area contributed by atoms with Crippen molar-refractivity contribution in [1.29, 1.82) is 0 Å². The number of hydrogen-bond donors (Lipinski definition) is 2. The SMILES string of the molecule is COc1cccc(OCC(=O)Nc2ccc(Nc3ccccc3)cc2)c1. The number of ether oxygens (including phenoxy) is 2. The fourth-order valence-electron chi connectivity index (χ4n) is 2.36. The molecule has 0 radical (unpaired) electrons. The summed E-state index contributed by atoms with van der Waals surface area (Å²) in [5.74, 6) is 1.04. The van der Waals surface area contributed by atoms with Gasteiger partial charge in [-0.05, 0) is 48.5 Å². The average Bonchev–Trinajstić information content (AvgIpc) is 2.69. The van der Waals surface area contributed by atoms with Crippen molar-refractivity contribution in [3.05, 3.63) is 78.9 Å². The van der Waals surface area contributed by atoms with Gasteiger partial charge in [-0.25, -0.2) is 0 Å². The van der Waals surface area contributed by atoms with Gasteiger partial charge in [0.25, 0.3) is 5.91 Å². The Morgan fingerprint density at radius 3 is 2.19 bits per heavy atom. The molecule has 0 heterocycles. The summed E-state index contributed by atoms with van der Waals surface area (Å²) in [4.78, 5) is 12.0. The highest BCUT2D eigenvalue weighted by Gasteiger charge is 2.05. The number of carbonyl (C=O) groups excluding carboxylic acids is 1. The zero-order valence-electron chi connectivity index (χ0n) is 14.4. The summed E-state index contributed by atoms with van der Waals surface area (Å²) in [7, 11) is 1.59. The molecule has 0 saturated heterocycles. The highest BCUT2D eigenvalue weighted by atomic mass is 16.5. The first kappa shape index (κ1) is 17.4. The van der Waals surface area contributed by atoms with Gasteiger partial charge in [0.1, 0.15) is 11.5 Å². The molecule has 0 unspecified atom stereocenters. The van der Waals surface area contributed by atoms with E-state index in [0.717, 1.165) is 11.4 Å². The minimum atomic E-state index is -0.225. The molecule has 2 N–H and O–H groups in total. The van der Waals surface area contributed by atoms with Crippen LogP contribution in [0.2, 0.25) is 0 Å². The minimum Gasteiger partial charge on any atom is -0.497 e. The molecule has 0 aromatic heterocycles. The lowest BCUT2D eigenvalue weighted by atomic mass is 10.2. The Hall–Kier alpha value is -3.47. The second-order valence-electron chi connectivity index (χ2n) is 5.58. The predicted octanol–water partition coefficient (Wildman–Crippen LogP) is 4.46. The van der Waals surface area contributed by atoms with Crippen molar-refractivity contribution < 1.29 is 14.3 Å². The summed E-state index contributed by atoms with van der Waals surface area (Å²) < 4.78 is 10.6. The van der Waals surface area contributed by atoms with Crippen molar-refractivity contribution in [1.82, 2.24) is 0 Å². The summed E-state index contributed by atoms with van der Waals surface area (Å²) in [6, 6.07) is 24.5. The highest BCUT2D eigenvalue weighted by molar-refractivity contribution is 5.92. The molecule has 3 aromatic rings. The first-order valence-corrected chi connectivity index (χ1v) is 8.22. The first-order valence-electron chi connectivity index (χ1n) is 8.22. The van der Waals surface area contributed by atoms with Crippen LogP contribution in [0.25, 0.3) is 0 Å². The molecule has 3 rings (SSSR count). The van der Waals surface area contributed by atoms with Crippen LogP contribution in [0, 0.1) is 0 Å². The predicted molar refractivity (Wildman–Crippen MR) is 103 cm³/mol. The van der Waals surface area contributed by atoms with E-state index in [1.807, 2.05) is 66.7 Å². The standard InChI is InChI=1S/C21H20N2O3/c1-25-19-8-5-9-20(14-19)26-15-21(24)23-18-12-10-17(11-13-18)22-16-6-3-2-4-7-16/h2-14,22H,15H2,1H3,(H,23,24). The third-order valence-corrected chi connectivity index (χ3v) is 3.64. The van der Waals surface area contributed by atoms with E-state index in [1.54, 1.807) is 19.2 Å². The molecule has 0 bridgehead atoms. The van der Waals surface area contributed by atoms with Crippen molar-refractivity contribution in [2.75, 3.05) is 24.4 Å². The minimum absolute atomic E-state index is 0.0722. The maximum atomic E-state index is 12.0. The van der Waals surface area contributed by atoms with Crippen LogP contribution in [-0.4, -0.2) is 19.6 Å². The van der Waals surface area contributed by atoms with E-state index in [4.69, 9.17) is 9.47 Å². The Morgan fingerprint density at radius 1 is 0.808 bits per heavy atom. The lowest BCUT2D eigenvalue weighted by molar-refractivity contribution is -0.118. The number of nitrogens with one attached hydrogen (secondary N) is 2. The van der Waals surface area contributed by atoms with Gasteiger partial charge >= 0.3 is 0 Å². The molecule has 1 amide bonds. The van der Waals surface area contributed by atoms with Gasteiger partial charge in [-0.3, -0.25) is 4.79 Å². The summed E-state index contributed by atoms with van der Waals surface area (Å²) in [5, 5.41) is 6.10. The Labute approximate surface area is 152 Å². The number of carbonyl (C=O) groups is 1. The lowest BCUT2D eigenvalue weighted by Crippen LogP contribution is -2.20. The van der Waals surface area contributed by atoms with Gasteiger partial charge in [0.2, 0.25) is 0 Å². The molecule has 0 fully saturated rings. The number of para-hydroxylation sites is 1. The fourth-order valence-corrected chi connectivity index (χ4v) is 2.36. The Morgan fingerprint density at radius 2 is 1.46 bits per heavy atom. The topological polar surface area (TPSA) is 59.6 Å². The molecular weight excluding hydrogens is 328 g/mol. The van der Waals surface area contributed by atoms with Gasteiger partial charge in [0, 0.05) is 23.1 Å². The summed E-state index contributed by atoms with van der Waals surface area (Å²) >= 11 is 0. The fraction of sp³-hybridized carbons (Fsp3) is 0.0952. The number of amides is 1. The molecule has 0 saturated carbocycles. The number of hydrogen-bond acceptors (Lipinski definition) is 4. The molecule has 0 atom stereocenters. The molecule has 0 aliphatic rings. The molecule has 0 aliphatic heterocycles. The van der Waals surface area contributed by atoms with E-state index >= 15 is 0 Å². The van der Waals surface area contributed by atoms with Crippen LogP contribution in [0.15, 0.2) is 78.9 Å². The van der Waals surface area contributed by atoms with Gasteiger partial charge in [0.15, 0.2) is 6.61 Å². The normalized spacial score (nSPS) is 10.0. The van der Waals surface area contributed by atoms with Crippen molar-refractivity contribution in [2.45, 2.75) is 0 Å². The van der Waals surface area contributed by atoms with Gasteiger partial charge in [-0.2, -0.15) is 0 Å². The molecule has 3 aromatic carbocycles. The van der Waals surface area contributed by atoms with Crippen LogP contribution in [0.4, 0.5) is 17.1 Å². The molecule has 132 valence electrons. The van der Waals surface area contributed by atoms with Gasteiger partial charge in [-0.15, -0.1) is 0 Å². The average molecular weight is 348 g/mol. The molecule has 5 nitrogen and oxygen atoms in total. The van der Waals surface area contributed by atoms with Gasteiger partial charge in [0.05, 0.1) is 7.11 Å². The van der Waals surface area contributed by atoms with Crippen molar-refractivity contribution >= 4 is 23.0 Å². The number of benzene rings is 3. The highest BCUT2D eigenvalue weighted by Crippen LogP contribution is 2.20. The Kier molecular flexibility index (Phi) is 5.72. The van der Waals surface area contributed by atoms with Crippen molar-refractivity contribution in [3.63, 3.8) is 0 Å². The molecule has 0 aliphatic carbocycles. The molecule has 0 spiro atoms. The largest absolute Gasteiger partial charge is 0.497 e. The van der Waals surface area contributed by atoms with Crippen LogP contribution in [0.5, 0.6) is 11.5 Å². The lowest BCUT2D eigenvalue weighted by Gasteiger charge is -2.10. The van der Waals surface area contributed by atoms with Crippen LogP contribution < -0.4 is 20.1 Å². The third-order valence-electron chi connectivity index (χ3n) is 3.64. The Bertz CT molecular complexity index is 849. The molecular formula is C21H20N2O3. The second kappa shape index (κ2) is 8.58. The maximum Gasteiger partial charge on any atom is 0.262 e. The quantitative estimate of drug-likeness (QED) is 0.662. The van der Waals surface area contributed by atoms with E-state index < -0.39 is 0 Å². The van der Waals surface area contributed by atoms with Gasteiger partial charge < -0.3 is 20.1 Å². The van der Waals surface area contributed by atoms with E-state index in [0.29, 0.717) is 17.2 Å². The van der Waals surface area contributed by atoms with Crippen molar-refractivity contribution in [2.24, 2.45) is 0 Å².